The molecular weight excluding hydrogens is 319 g/mol. The van der Waals surface area contributed by atoms with Gasteiger partial charge in [-0.05, 0) is 39.5 Å². The SMILES string of the molecule is CC(C=O)Sc1nc2c(cnn2C2CCC(C)(F)CC2)c(=O)[nH]1. The lowest BCUT2D eigenvalue weighted by atomic mass is 9.85. The van der Waals surface area contributed by atoms with Gasteiger partial charge < -0.3 is 9.78 Å². The molecule has 0 spiro atoms. The third kappa shape index (κ3) is 3.31. The summed E-state index contributed by atoms with van der Waals surface area (Å²) < 4.78 is 15.7. The van der Waals surface area contributed by atoms with Crippen LogP contribution in [0.4, 0.5) is 4.39 Å². The molecule has 3 rings (SSSR count). The highest BCUT2D eigenvalue weighted by molar-refractivity contribution is 8.00. The lowest BCUT2D eigenvalue weighted by molar-refractivity contribution is -0.107. The Morgan fingerprint density at radius 3 is 2.87 bits per heavy atom. The lowest BCUT2D eigenvalue weighted by Crippen LogP contribution is -2.28. The van der Waals surface area contributed by atoms with Crippen LogP contribution in [0.25, 0.3) is 11.0 Å². The van der Waals surface area contributed by atoms with E-state index in [0.717, 1.165) is 6.29 Å². The van der Waals surface area contributed by atoms with Gasteiger partial charge in [-0.1, -0.05) is 11.8 Å². The number of alkyl halides is 1. The number of hydrogen-bond donors (Lipinski definition) is 1. The molecule has 1 fully saturated rings. The number of carbonyl (C=O) groups is 1. The van der Waals surface area contributed by atoms with Gasteiger partial charge in [-0.25, -0.2) is 14.1 Å². The number of nitrogens with zero attached hydrogens (tertiary/aromatic N) is 3. The second kappa shape index (κ2) is 6.07. The maximum atomic E-state index is 14.0. The number of nitrogens with one attached hydrogen (secondary N) is 1. The summed E-state index contributed by atoms with van der Waals surface area (Å²) in [6.45, 7) is 3.37. The molecule has 2 aromatic heterocycles. The van der Waals surface area contributed by atoms with E-state index in [-0.39, 0.29) is 16.9 Å². The Morgan fingerprint density at radius 2 is 2.22 bits per heavy atom. The van der Waals surface area contributed by atoms with Crippen LogP contribution in [0.3, 0.4) is 0 Å². The molecule has 1 N–H and O–H groups in total. The minimum Gasteiger partial charge on any atom is -0.302 e. The zero-order valence-electron chi connectivity index (χ0n) is 13.1. The minimum absolute atomic E-state index is 0.0481. The van der Waals surface area contributed by atoms with Gasteiger partial charge in [0.15, 0.2) is 10.8 Å². The van der Waals surface area contributed by atoms with Crippen LogP contribution in [0, 0.1) is 0 Å². The first-order valence-corrected chi connectivity index (χ1v) is 8.56. The number of halogens is 1. The molecule has 0 aromatic carbocycles. The molecule has 0 bridgehead atoms. The Morgan fingerprint density at radius 1 is 1.52 bits per heavy atom. The van der Waals surface area contributed by atoms with Crippen molar-refractivity contribution in [3.63, 3.8) is 0 Å². The highest BCUT2D eigenvalue weighted by atomic mass is 32.2. The molecule has 1 saturated carbocycles. The molecule has 2 aromatic rings. The van der Waals surface area contributed by atoms with Gasteiger partial charge in [-0.3, -0.25) is 4.79 Å². The number of carbonyl (C=O) groups excluding carboxylic acids is 1. The van der Waals surface area contributed by atoms with E-state index in [1.807, 2.05) is 0 Å². The fourth-order valence-corrected chi connectivity index (χ4v) is 3.59. The first-order chi connectivity index (χ1) is 10.9. The number of fused-ring (bicyclic) bond motifs is 1. The number of aldehydes is 1. The summed E-state index contributed by atoms with van der Waals surface area (Å²) in [6, 6.07) is 0.0481. The number of thioether (sulfide) groups is 1. The average Bonchev–Trinajstić information content (AvgIpc) is 2.91. The average molecular weight is 338 g/mol. The van der Waals surface area contributed by atoms with Crippen LogP contribution >= 0.6 is 11.8 Å². The van der Waals surface area contributed by atoms with Gasteiger partial charge in [-0.2, -0.15) is 5.10 Å². The van der Waals surface area contributed by atoms with Crippen molar-refractivity contribution in [1.29, 1.82) is 0 Å². The summed E-state index contributed by atoms with van der Waals surface area (Å²) in [5.41, 5.74) is -0.889. The molecule has 0 amide bonds. The van der Waals surface area contributed by atoms with Crippen LogP contribution in [0.1, 0.15) is 45.6 Å². The lowest BCUT2D eigenvalue weighted by Gasteiger charge is -2.31. The van der Waals surface area contributed by atoms with Crippen molar-refractivity contribution in [3.8, 4) is 0 Å². The van der Waals surface area contributed by atoms with Gasteiger partial charge in [0.1, 0.15) is 17.3 Å². The zero-order valence-corrected chi connectivity index (χ0v) is 13.9. The summed E-state index contributed by atoms with van der Waals surface area (Å²) in [7, 11) is 0. The molecular formula is C15H19FN4O2S. The highest BCUT2D eigenvalue weighted by Gasteiger charge is 2.32. The molecule has 1 aliphatic carbocycles. The van der Waals surface area contributed by atoms with Crippen molar-refractivity contribution in [1.82, 2.24) is 19.7 Å². The molecule has 1 atom stereocenters. The molecule has 23 heavy (non-hydrogen) atoms. The Hall–Kier alpha value is -1.70. The fraction of sp³-hybridized carbons (Fsp3) is 0.600. The smallest absolute Gasteiger partial charge is 0.262 e. The van der Waals surface area contributed by atoms with Crippen LogP contribution in [0.2, 0.25) is 0 Å². The summed E-state index contributed by atoms with van der Waals surface area (Å²) in [5.74, 6) is 0. The summed E-state index contributed by atoms with van der Waals surface area (Å²) in [4.78, 5) is 30.1. The summed E-state index contributed by atoms with van der Waals surface area (Å²) in [6.07, 6.45) is 4.60. The van der Waals surface area contributed by atoms with Gasteiger partial charge in [0.2, 0.25) is 0 Å². The topological polar surface area (TPSA) is 80.6 Å². The predicted octanol–water partition coefficient (Wildman–Crippen LogP) is 2.64. The molecule has 2 heterocycles. The third-order valence-electron chi connectivity index (χ3n) is 4.27. The fourth-order valence-electron chi connectivity index (χ4n) is 2.89. The molecule has 1 aliphatic rings. The Kier molecular flexibility index (Phi) is 4.27. The van der Waals surface area contributed by atoms with Crippen molar-refractivity contribution in [2.45, 2.75) is 61.6 Å². The molecule has 1 unspecified atom stereocenters. The summed E-state index contributed by atoms with van der Waals surface area (Å²) >= 11 is 1.20. The first kappa shape index (κ1) is 16.2. The first-order valence-electron chi connectivity index (χ1n) is 7.68. The molecule has 0 radical (unpaired) electrons. The maximum Gasteiger partial charge on any atom is 0.262 e. The van der Waals surface area contributed by atoms with Crippen LogP contribution in [-0.4, -0.2) is 37.0 Å². The van der Waals surface area contributed by atoms with Gasteiger partial charge in [0, 0.05) is 0 Å². The normalized spacial score (nSPS) is 26.3. The molecule has 124 valence electrons. The van der Waals surface area contributed by atoms with Crippen LogP contribution in [0.5, 0.6) is 0 Å². The predicted molar refractivity (Wildman–Crippen MR) is 86.5 cm³/mol. The quantitative estimate of drug-likeness (QED) is 0.526. The maximum absolute atomic E-state index is 14.0. The number of H-pyrrole nitrogens is 1. The highest BCUT2D eigenvalue weighted by Crippen LogP contribution is 2.37. The van der Waals surface area contributed by atoms with Crippen molar-refractivity contribution < 1.29 is 9.18 Å². The van der Waals surface area contributed by atoms with Crippen molar-refractivity contribution >= 4 is 29.1 Å². The van der Waals surface area contributed by atoms with E-state index in [0.29, 0.717) is 41.9 Å². The molecule has 0 aliphatic heterocycles. The second-order valence-electron chi connectivity index (χ2n) is 6.30. The van der Waals surface area contributed by atoms with E-state index in [2.05, 4.69) is 15.1 Å². The van der Waals surface area contributed by atoms with Crippen LogP contribution < -0.4 is 5.56 Å². The minimum atomic E-state index is -1.12. The third-order valence-corrected chi connectivity index (χ3v) is 5.17. The van der Waals surface area contributed by atoms with Crippen molar-refractivity contribution in [2.75, 3.05) is 0 Å². The van der Waals surface area contributed by atoms with Crippen molar-refractivity contribution in [3.05, 3.63) is 16.6 Å². The van der Waals surface area contributed by atoms with E-state index in [4.69, 9.17) is 0 Å². The molecule has 6 nitrogen and oxygen atoms in total. The van der Waals surface area contributed by atoms with Gasteiger partial charge >= 0.3 is 0 Å². The Balaban J connectivity index is 1.95. The number of aromatic amines is 1. The van der Waals surface area contributed by atoms with Crippen LogP contribution in [-0.2, 0) is 4.79 Å². The van der Waals surface area contributed by atoms with Gasteiger partial charge in [0.05, 0.1) is 17.5 Å². The van der Waals surface area contributed by atoms with E-state index < -0.39 is 5.67 Å². The Labute approximate surface area is 136 Å². The second-order valence-corrected chi connectivity index (χ2v) is 7.67. The zero-order chi connectivity index (χ0) is 16.6. The van der Waals surface area contributed by atoms with Gasteiger partial charge in [0.25, 0.3) is 5.56 Å². The van der Waals surface area contributed by atoms with Crippen molar-refractivity contribution in [2.24, 2.45) is 0 Å². The monoisotopic (exact) mass is 338 g/mol. The van der Waals surface area contributed by atoms with E-state index in [1.54, 1.807) is 18.5 Å². The summed E-state index contributed by atoms with van der Waals surface area (Å²) in [5, 5.41) is 4.82. The van der Waals surface area contributed by atoms with Crippen LogP contribution in [0.15, 0.2) is 16.1 Å². The molecule has 0 saturated heterocycles. The molecule has 8 heteroatoms. The van der Waals surface area contributed by atoms with E-state index in [1.165, 1.54) is 18.0 Å². The number of aromatic nitrogens is 4. The Bertz CT molecular complexity index is 775. The van der Waals surface area contributed by atoms with E-state index >= 15 is 0 Å². The largest absolute Gasteiger partial charge is 0.302 e. The van der Waals surface area contributed by atoms with Gasteiger partial charge in [-0.15, -0.1) is 0 Å². The number of hydrogen-bond acceptors (Lipinski definition) is 5. The standard InChI is InChI=1S/C15H19FN4O2S/c1-9(8-21)23-14-18-12-11(13(22)19-14)7-17-20(12)10-3-5-15(2,16)6-4-10/h7-10H,3-6H2,1-2H3,(H,18,19,22). The number of rotatable bonds is 4. The van der Waals surface area contributed by atoms with E-state index in [9.17, 15) is 14.0 Å².